The van der Waals surface area contributed by atoms with E-state index in [9.17, 15) is 4.79 Å². The van der Waals surface area contributed by atoms with Gasteiger partial charge in [-0.15, -0.1) is 0 Å². The maximum Gasteiger partial charge on any atom is 0.356 e. The molecule has 4 heteroatoms. The van der Waals surface area contributed by atoms with E-state index in [4.69, 9.17) is 9.94 Å². The summed E-state index contributed by atoms with van der Waals surface area (Å²) in [6.45, 7) is 7.62. The van der Waals surface area contributed by atoms with E-state index in [0.29, 0.717) is 6.61 Å². The minimum atomic E-state index is -0.545. The van der Waals surface area contributed by atoms with Gasteiger partial charge in [0, 0.05) is 5.41 Å². The van der Waals surface area contributed by atoms with Crippen LogP contribution in [0, 0.1) is 5.41 Å². The van der Waals surface area contributed by atoms with Gasteiger partial charge in [0.2, 0.25) is 0 Å². The molecule has 0 saturated heterocycles. The first kappa shape index (κ1) is 11.9. The van der Waals surface area contributed by atoms with Crippen LogP contribution in [0.25, 0.3) is 0 Å². The SMILES string of the molecule is CCCOC(=O)C(=NO)C(C)(C)C. The summed E-state index contributed by atoms with van der Waals surface area (Å²) in [5, 5.41) is 11.6. The van der Waals surface area contributed by atoms with Crippen molar-refractivity contribution in [1.82, 2.24) is 0 Å². The molecule has 0 aromatic rings. The van der Waals surface area contributed by atoms with Gasteiger partial charge in [0.1, 0.15) is 0 Å². The highest BCUT2D eigenvalue weighted by Gasteiger charge is 2.27. The second-order valence-corrected chi connectivity index (χ2v) is 3.83. The second-order valence-electron chi connectivity index (χ2n) is 3.83. The van der Waals surface area contributed by atoms with Gasteiger partial charge in [-0.1, -0.05) is 32.9 Å². The fourth-order valence-corrected chi connectivity index (χ4v) is 0.760. The van der Waals surface area contributed by atoms with Crippen molar-refractivity contribution in [3.8, 4) is 0 Å². The number of esters is 1. The van der Waals surface area contributed by atoms with Crippen molar-refractivity contribution in [2.75, 3.05) is 6.61 Å². The first-order valence-electron chi connectivity index (χ1n) is 4.33. The van der Waals surface area contributed by atoms with Crippen LogP contribution in [-0.2, 0) is 9.53 Å². The third-order valence-corrected chi connectivity index (χ3v) is 1.44. The van der Waals surface area contributed by atoms with Crippen molar-refractivity contribution in [3.63, 3.8) is 0 Å². The van der Waals surface area contributed by atoms with Crippen molar-refractivity contribution in [1.29, 1.82) is 0 Å². The molecule has 0 atom stereocenters. The molecule has 13 heavy (non-hydrogen) atoms. The molecule has 76 valence electrons. The van der Waals surface area contributed by atoms with Crippen LogP contribution in [0.4, 0.5) is 0 Å². The van der Waals surface area contributed by atoms with E-state index in [2.05, 4.69) is 5.16 Å². The summed E-state index contributed by atoms with van der Waals surface area (Å²) in [5.74, 6) is -0.545. The normalized spacial score (nSPS) is 12.8. The number of ether oxygens (including phenoxy) is 1. The van der Waals surface area contributed by atoms with E-state index in [1.807, 2.05) is 6.92 Å². The van der Waals surface area contributed by atoms with Crippen LogP contribution in [0.15, 0.2) is 5.16 Å². The first-order chi connectivity index (χ1) is 5.93. The summed E-state index contributed by atoms with van der Waals surface area (Å²) < 4.78 is 4.84. The Morgan fingerprint density at radius 1 is 1.46 bits per heavy atom. The lowest BCUT2D eigenvalue weighted by molar-refractivity contribution is -0.136. The molecule has 0 rings (SSSR count). The Bertz CT molecular complexity index is 203. The Balaban J connectivity index is 4.36. The smallest absolute Gasteiger partial charge is 0.356 e. The Labute approximate surface area is 78.6 Å². The molecule has 0 aliphatic carbocycles. The average Bonchev–Trinajstić information content (AvgIpc) is 1.99. The van der Waals surface area contributed by atoms with E-state index >= 15 is 0 Å². The number of carbonyl (C=O) groups excluding carboxylic acids is 1. The van der Waals surface area contributed by atoms with E-state index in [1.165, 1.54) is 0 Å². The van der Waals surface area contributed by atoms with Gasteiger partial charge in [-0.2, -0.15) is 0 Å². The van der Waals surface area contributed by atoms with Crippen LogP contribution in [0.1, 0.15) is 34.1 Å². The van der Waals surface area contributed by atoms with Crippen LogP contribution in [0.2, 0.25) is 0 Å². The molecule has 0 heterocycles. The lowest BCUT2D eigenvalue weighted by Crippen LogP contribution is -2.30. The predicted molar refractivity (Wildman–Crippen MR) is 49.9 cm³/mol. The standard InChI is InChI=1S/C9H17NO3/c1-5-6-13-8(11)7(10-12)9(2,3)4/h12H,5-6H2,1-4H3. The van der Waals surface area contributed by atoms with Crippen LogP contribution >= 0.6 is 0 Å². The second kappa shape index (κ2) is 4.84. The Morgan fingerprint density at radius 3 is 2.31 bits per heavy atom. The number of oxime groups is 1. The monoisotopic (exact) mass is 187 g/mol. The topological polar surface area (TPSA) is 58.9 Å². The lowest BCUT2D eigenvalue weighted by Gasteiger charge is -2.17. The third-order valence-electron chi connectivity index (χ3n) is 1.44. The molecule has 1 N–H and O–H groups in total. The number of hydrogen-bond acceptors (Lipinski definition) is 4. The molecule has 0 spiro atoms. The van der Waals surface area contributed by atoms with E-state index < -0.39 is 11.4 Å². The average molecular weight is 187 g/mol. The van der Waals surface area contributed by atoms with Crippen molar-refractivity contribution >= 4 is 11.7 Å². The van der Waals surface area contributed by atoms with Gasteiger partial charge < -0.3 is 9.94 Å². The first-order valence-corrected chi connectivity index (χ1v) is 4.33. The summed E-state index contributed by atoms with van der Waals surface area (Å²) in [6.07, 6.45) is 0.759. The van der Waals surface area contributed by atoms with Gasteiger partial charge in [0.05, 0.1) is 6.61 Å². The number of hydrogen-bond donors (Lipinski definition) is 1. The predicted octanol–water partition coefficient (Wildman–Crippen LogP) is 1.82. The Hall–Kier alpha value is -1.06. The van der Waals surface area contributed by atoms with Crippen LogP contribution in [-0.4, -0.2) is 23.5 Å². The maximum atomic E-state index is 11.3. The van der Waals surface area contributed by atoms with Crippen molar-refractivity contribution in [2.24, 2.45) is 10.6 Å². The zero-order valence-electron chi connectivity index (χ0n) is 8.63. The summed E-state index contributed by atoms with van der Waals surface area (Å²) in [5.41, 5.74) is -0.430. The van der Waals surface area contributed by atoms with Gasteiger partial charge in [-0.3, -0.25) is 0 Å². The molecule has 0 aliphatic heterocycles. The zero-order chi connectivity index (χ0) is 10.5. The van der Waals surface area contributed by atoms with Gasteiger partial charge in [0.15, 0.2) is 5.71 Å². The molecule has 0 saturated carbocycles. The minimum Gasteiger partial charge on any atom is -0.461 e. The van der Waals surface area contributed by atoms with E-state index in [-0.39, 0.29) is 5.71 Å². The highest BCUT2D eigenvalue weighted by molar-refractivity contribution is 6.38. The molecular weight excluding hydrogens is 170 g/mol. The lowest BCUT2D eigenvalue weighted by atomic mass is 9.90. The summed E-state index contributed by atoms with van der Waals surface area (Å²) in [6, 6.07) is 0. The van der Waals surface area contributed by atoms with Gasteiger partial charge >= 0.3 is 5.97 Å². The number of nitrogens with zero attached hydrogens (tertiary/aromatic N) is 1. The quantitative estimate of drug-likeness (QED) is 0.317. The Kier molecular flexibility index (Phi) is 4.45. The summed E-state index contributed by atoms with van der Waals surface area (Å²) >= 11 is 0. The molecular formula is C9H17NO3. The highest BCUT2D eigenvalue weighted by Crippen LogP contribution is 2.16. The summed E-state index contributed by atoms with van der Waals surface area (Å²) in [7, 11) is 0. The van der Waals surface area contributed by atoms with E-state index in [1.54, 1.807) is 20.8 Å². The van der Waals surface area contributed by atoms with Crippen molar-refractivity contribution < 1.29 is 14.7 Å². The van der Waals surface area contributed by atoms with Gasteiger partial charge in [-0.05, 0) is 6.42 Å². The van der Waals surface area contributed by atoms with Crippen molar-refractivity contribution in [3.05, 3.63) is 0 Å². The molecule has 0 aromatic carbocycles. The fourth-order valence-electron chi connectivity index (χ4n) is 0.760. The minimum absolute atomic E-state index is 0.0564. The highest BCUT2D eigenvalue weighted by atomic mass is 16.5. The number of carbonyl (C=O) groups is 1. The molecule has 0 amide bonds. The van der Waals surface area contributed by atoms with Gasteiger partial charge in [0.25, 0.3) is 0 Å². The number of rotatable bonds is 3. The fraction of sp³-hybridized carbons (Fsp3) is 0.778. The van der Waals surface area contributed by atoms with Crippen molar-refractivity contribution in [2.45, 2.75) is 34.1 Å². The zero-order valence-corrected chi connectivity index (χ0v) is 8.63. The molecule has 0 radical (unpaired) electrons. The van der Waals surface area contributed by atoms with Crippen LogP contribution in [0.3, 0.4) is 0 Å². The van der Waals surface area contributed by atoms with E-state index in [0.717, 1.165) is 6.42 Å². The molecule has 0 aliphatic rings. The van der Waals surface area contributed by atoms with Gasteiger partial charge in [-0.25, -0.2) is 4.79 Å². The molecule has 0 bridgehead atoms. The molecule has 0 unspecified atom stereocenters. The molecule has 0 fully saturated rings. The molecule has 4 nitrogen and oxygen atoms in total. The third kappa shape index (κ3) is 3.92. The largest absolute Gasteiger partial charge is 0.461 e. The van der Waals surface area contributed by atoms with Crippen LogP contribution in [0.5, 0.6) is 0 Å². The van der Waals surface area contributed by atoms with Crippen LogP contribution < -0.4 is 0 Å². The Morgan fingerprint density at radius 2 is 2.00 bits per heavy atom. The molecule has 0 aromatic heterocycles. The maximum absolute atomic E-state index is 11.3. The summed E-state index contributed by atoms with van der Waals surface area (Å²) in [4.78, 5) is 11.3.